The maximum Gasteiger partial charge on any atom is 0.211 e. The molecule has 0 saturated carbocycles. The zero-order chi connectivity index (χ0) is 13.5. The van der Waals surface area contributed by atoms with E-state index in [1.807, 2.05) is 13.8 Å². The zero-order valence-electron chi connectivity index (χ0n) is 11.4. The van der Waals surface area contributed by atoms with Crippen molar-refractivity contribution < 1.29 is 8.42 Å². The fraction of sp³-hybridized carbons (Fsp3) is 1.00. The SMILES string of the molecule is CC(C)CCS(=O)(=O)NCC(C)(C)CCCCl. The number of rotatable bonds is 9. The van der Waals surface area contributed by atoms with Crippen LogP contribution in [0.25, 0.3) is 0 Å². The largest absolute Gasteiger partial charge is 0.215 e. The molecule has 1 N–H and O–H groups in total. The first kappa shape index (κ1) is 17.2. The van der Waals surface area contributed by atoms with E-state index in [0.29, 0.717) is 24.8 Å². The van der Waals surface area contributed by atoms with E-state index in [1.165, 1.54) is 0 Å². The third-order valence-electron chi connectivity index (χ3n) is 2.72. The van der Waals surface area contributed by atoms with Crippen LogP contribution < -0.4 is 4.72 Å². The highest BCUT2D eigenvalue weighted by atomic mass is 35.5. The Labute approximate surface area is 111 Å². The van der Waals surface area contributed by atoms with Crippen molar-refractivity contribution in [2.45, 2.75) is 47.0 Å². The normalized spacial score (nSPS) is 13.3. The van der Waals surface area contributed by atoms with Gasteiger partial charge in [-0.3, -0.25) is 0 Å². The Morgan fingerprint density at radius 1 is 1.29 bits per heavy atom. The van der Waals surface area contributed by atoms with Gasteiger partial charge in [0, 0.05) is 12.4 Å². The smallest absolute Gasteiger partial charge is 0.211 e. The number of alkyl halides is 1. The molecule has 0 aromatic rings. The monoisotopic (exact) mass is 283 g/mol. The van der Waals surface area contributed by atoms with Crippen LogP contribution in [0.1, 0.15) is 47.0 Å². The van der Waals surface area contributed by atoms with Crippen LogP contribution >= 0.6 is 11.6 Å². The number of nitrogens with one attached hydrogen (secondary N) is 1. The molecule has 0 aliphatic carbocycles. The predicted octanol–water partition coefficient (Wildman–Crippen LogP) is 3.00. The first-order valence-electron chi connectivity index (χ1n) is 6.22. The van der Waals surface area contributed by atoms with Crippen molar-refractivity contribution in [2.75, 3.05) is 18.2 Å². The van der Waals surface area contributed by atoms with E-state index in [9.17, 15) is 8.42 Å². The van der Waals surface area contributed by atoms with Crippen molar-refractivity contribution in [3.05, 3.63) is 0 Å². The molecule has 0 bridgehead atoms. The molecule has 0 unspecified atom stereocenters. The molecule has 104 valence electrons. The number of hydrogen-bond acceptors (Lipinski definition) is 2. The van der Waals surface area contributed by atoms with Crippen LogP contribution in [0.15, 0.2) is 0 Å². The quantitative estimate of drug-likeness (QED) is 0.661. The lowest BCUT2D eigenvalue weighted by molar-refractivity contribution is 0.331. The van der Waals surface area contributed by atoms with Crippen molar-refractivity contribution >= 4 is 21.6 Å². The Morgan fingerprint density at radius 3 is 2.35 bits per heavy atom. The van der Waals surface area contributed by atoms with E-state index in [1.54, 1.807) is 0 Å². The van der Waals surface area contributed by atoms with Gasteiger partial charge in [-0.2, -0.15) is 0 Å². The molecule has 0 radical (unpaired) electrons. The minimum absolute atomic E-state index is 0.0280. The summed E-state index contributed by atoms with van der Waals surface area (Å²) < 4.78 is 26.1. The molecule has 0 fully saturated rings. The van der Waals surface area contributed by atoms with Gasteiger partial charge in [-0.25, -0.2) is 13.1 Å². The summed E-state index contributed by atoms with van der Waals surface area (Å²) in [6.07, 6.45) is 2.56. The molecule has 0 spiro atoms. The third kappa shape index (κ3) is 9.86. The first-order chi connectivity index (χ1) is 7.68. The van der Waals surface area contributed by atoms with Crippen LogP contribution in [0.4, 0.5) is 0 Å². The number of hydrogen-bond donors (Lipinski definition) is 1. The van der Waals surface area contributed by atoms with E-state index in [2.05, 4.69) is 18.6 Å². The molecule has 0 aromatic carbocycles. The lowest BCUT2D eigenvalue weighted by atomic mass is 9.88. The second kappa shape index (κ2) is 7.59. The molecule has 0 amide bonds. The van der Waals surface area contributed by atoms with Crippen LogP contribution in [0.5, 0.6) is 0 Å². The minimum atomic E-state index is -3.12. The van der Waals surface area contributed by atoms with Crippen LogP contribution in [-0.4, -0.2) is 26.6 Å². The zero-order valence-corrected chi connectivity index (χ0v) is 13.0. The van der Waals surface area contributed by atoms with E-state index >= 15 is 0 Å². The van der Waals surface area contributed by atoms with Gasteiger partial charge in [0.25, 0.3) is 0 Å². The van der Waals surface area contributed by atoms with Crippen LogP contribution in [0, 0.1) is 11.3 Å². The summed E-state index contributed by atoms with van der Waals surface area (Å²) in [6.45, 7) is 8.67. The molecule has 5 heteroatoms. The molecular weight excluding hydrogens is 258 g/mol. The van der Waals surface area contributed by atoms with Gasteiger partial charge < -0.3 is 0 Å². The number of sulfonamides is 1. The lowest BCUT2D eigenvalue weighted by Crippen LogP contribution is -2.35. The van der Waals surface area contributed by atoms with Crippen molar-refractivity contribution in [3.8, 4) is 0 Å². The van der Waals surface area contributed by atoms with Crippen LogP contribution in [-0.2, 0) is 10.0 Å². The average Bonchev–Trinajstić information content (AvgIpc) is 2.22. The topological polar surface area (TPSA) is 46.2 Å². The third-order valence-corrected chi connectivity index (χ3v) is 4.35. The Hall–Kier alpha value is 0.200. The molecule has 0 atom stereocenters. The van der Waals surface area contributed by atoms with Crippen LogP contribution in [0.2, 0.25) is 0 Å². The molecule has 0 aliphatic heterocycles. The van der Waals surface area contributed by atoms with Gasteiger partial charge >= 0.3 is 0 Å². The van der Waals surface area contributed by atoms with E-state index in [-0.39, 0.29) is 11.2 Å². The molecule has 3 nitrogen and oxygen atoms in total. The molecule has 0 aromatic heterocycles. The van der Waals surface area contributed by atoms with Crippen LogP contribution in [0.3, 0.4) is 0 Å². The highest BCUT2D eigenvalue weighted by molar-refractivity contribution is 7.89. The number of halogens is 1. The Balaban J connectivity index is 4.07. The summed E-state index contributed by atoms with van der Waals surface area (Å²) in [7, 11) is -3.12. The molecule has 0 saturated heterocycles. The molecule has 17 heavy (non-hydrogen) atoms. The Kier molecular flexibility index (Phi) is 7.68. The fourth-order valence-corrected chi connectivity index (χ4v) is 3.07. The summed E-state index contributed by atoms with van der Waals surface area (Å²) >= 11 is 5.64. The highest BCUT2D eigenvalue weighted by Crippen LogP contribution is 2.21. The molecule has 0 heterocycles. The standard InChI is InChI=1S/C12H26ClNO2S/c1-11(2)6-9-17(15,16)14-10-12(3,4)7-5-8-13/h11,14H,5-10H2,1-4H3. The van der Waals surface area contributed by atoms with Crippen molar-refractivity contribution in [1.29, 1.82) is 0 Å². The molecular formula is C12H26ClNO2S. The molecule has 0 rings (SSSR count). The van der Waals surface area contributed by atoms with E-state index in [4.69, 9.17) is 11.6 Å². The Morgan fingerprint density at radius 2 is 1.88 bits per heavy atom. The second-order valence-corrected chi connectivity index (χ2v) is 8.08. The lowest BCUT2D eigenvalue weighted by Gasteiger charge is -2.24. The van der Waals surface area contributed by atoms with Crippen molar-refractivity contribution in [1.82, 2.24) is 4.72 Å². The average molecular weight is 284 g/mol. The van der Waals surface area contributed by atoms with Gasteiger partial charge in [-0.15, -0.1) is 11.6 Å². The highest BCUT2D eigenvalue weighted by Gasteiger charge is 2.20. The summed E-state index contributed by atoms with van der Waals surface area (Å²) in [5.74, 6) is 1.26. The predicted molar refractivity (Wildman–Crippen MR) is 75.0 cm³/mol. The second-order valence-electron chi connectivity index (χ2n) is 5.78. The summed E-state index contributed by atoms with van der Waals surface area (Å²) in [5.41, 5.74) is -0.0280. The fourth-order valence-electron chi connectivity index (χ4n) is 1.40. The maximum atomic E-state index is 11.7. The molecule has 0 aliphatic rings. The maximum absolute atomic E-state index is 11.7. The van der Waals surface area contributed by atoms with Crippen molar-refractivity contribution in [2.24, 2.45) is 11.3 Å². The minimum Gasteiger partial charge on any atom is -0.215 e. The first-order valence-corrected chi connectivity index (χ1v) is 8.40. The van der Waals surface area contributed by atoms with E-state index < -0.39 is 10.0 Å². The summed E-state index contributed by atoms with van der Waals surface area (Å²) in [5, 5.41) is 0. The van der Waals surface area contributed by atoms with Crippen molar-refractivity contribution in [3.63, 3.8) is 0 Å². The van der Waals surface area contributed by atoms with Gasteiger partial charge in [-0.05, 0) is 30.6 Å². The van der Waals surface area contributed by atoms with Gasteiger partial charge in [0.05, 0.1) is 5.75 Å². The summed E-state index contributed by atoms with van der Waals surface area (Å²) in [6, 6.07) is 0. The van der Waals surface area contributed by atoms with Gasteiger partial charge in [0.1, 0.15) is 0 Å². The van der Waals surface area contributed by atoms with Gasteiger partial charge in [-0.1, -0.05) is 27.7 Å². The summed E-state index contributed by atoms with van der Waals surface area (Å²) in [4.78, 5) is 0. The van der Waals surface area contributed by atoms with Gasteiger partial charge in [0.2, 0.25) is 10.0 Å². The Bertz CT molecular complexity index is 300. The van der Waals surface area contributed by atoms with Gasteiger partial charge in [0.15, 0.2) is 0 Å². The van der Waals surface area contributed by atoms with E-state index in [0.717, 1.165) is 12.8 Å².